The van der Waals surface area contributed by atoms with Crippen molar-refractivity contribution in [3.63, 3.8) is 0 Å². The van der Waals surface area contributed by atoms with Crippen LogP contribution in [0.4, 0.5) is 0 Å². The molecule has 4 atom stereocenters. The zero-order valence-electron chi connectivity index (χ0n) is 13.3. The molecule has 112 valence electrons. The van der Waals surface area contributed by atoms with Crippen LogP contribution in [0.15, 0.2) is 0 Å². The summed E-state index contributed by atoms with van der Waals surface area (Å²) in [5, 5.41) is 3.77. The van der Waals surface area contributed by atoms with E-state index in [9.17, 15) is 0 Å². The van der Waals surface area contributed by atoms with Crippen molar-refractivity contribution < 1.29 is 0 Å². The molecule has 2 heteroatoms. The molecule has 1 N–H and O–H groups in total. The molecule has 0 aromatic carbocycles. The van der Waals surface area contributed by atoms with Gasteiger partial charge in [-0.1, -0.05) is 26.7 Å². The van der Waals surface area contributed by atoms with Gasteiger partial charge in [0.15, 0.2) is 0 Å². The minimum absolute atomic E-state index is 0.789. The first-order valence-electron chi connectivity index (χ1n) is 8.70. The number of likely N-dealkylation sites (tertiary alicyclic amines) is 1. The molecule has 2 fully saturated rings. The summed E-state index contributed by atoms with van der Waals surface area (Å²) in [6.07, 6.45) is 9.78. The van der Waals surface area contributed by atoms with Crippen LogP contribution >= 0.6 is 0 Å². The van der Waals surface area contributed by atoms with Gasteiger partial charge in [-0.3, -0.25) is 0 Å². The predicted molar refractivity (Wildman–Crippen MR) is 83.5 cm³/mol. The molecular weight excluding hydrogens is 232 g/mol. The van der Waals surface area contributed by atoms with Crippen LogP contribution in [-0.4, -0.2) is 36.6 Å². The molecule has 0 radical (unpaired) electrons. The molecule has 0 aliphatic carbocycles. The van der Waals surface area contributed by atoms with E-state index in [-0.39, 0.29) is 0 Å². The molecule has 0 unspecified atom stereocenters. The summed E-state index contributed by atoms with van der Waals surface area (Å²) in [5.74, 6) is 1.90. The third kappa shape index (κ3) is 4.46. The molecule has 19 heavy (non-hydrogen) atoms. The maximum absolute atomic E-state index is 3.77. The predicted octanol–water partition coefficient (Wildman–Crippen LogP) is 3.67. The molecule has 0 aromatic rings. The van der Waals surface area contributed by atoms with E-state index in [1.54, 1.807) is 0 Å². The Morgan fingerprint density at radius 1 is 1.00 bits per heavy atom. The van der Waals surface area contributed by atoms with Gasteiger partial charge in [0.05, 0.1) is 0 Å². The maximum atomic E-state index is 3.77. The largest absolute Gasteiger partial charge is 0.314 e. The highest BCUT2D eigenvalue weighted by Gasteiger charge is 2.25. The fraction of sp³-hybridized carbons (Fsp3) is 1.00. The summed E-state index contributed by atoms with van der Waals surface area (Å²) >= 11 is 0. The quantitative estimate of drug-likeness (QED) is 0.817. The maximum Gasteiger partial charge on any atom is 0.00794 e. The lowest BCUT2D eigenvalue weighted by atomic mass is 9.89. The molecule has 2 rings (SSSR count). The van der Waals surface area contributed by atoms with Crippen LogP contribution in [0.1, 0.15) is 65.7 Å². The van der Waals surface area contributed by atoms with Crippen LogP contribution < -0.4 is 5.32 Å². The lowest BCUT2D eigenvalue weighted by molar-refractivity contribution is 0.108. The standard InChI is InChI=1S/C17H34N2/c1-4-15-8-9-17(18-12-15)10-11-19-13-16(5-2)7-6-14(19)3/h14-18H,4-13H2,1-3H3/t14-,15+,16+,17+/m0/s1. The van der Waals surface area contributed by atoms with Crippen LogP contribution in [0.2, 0.25) is 0 Å². The Morgan fingerprint density at radius 2 is 1.74 bits per heavy atom. The van der Waals surface area contributed by atoms with Gasteiger partial charge in [0, 0.05) is 18.6 Å². The van der Waals surface area contributed by atoms with Crippen LogP contribution in [0.5, 0.6) is 0 Å². The minimum Gasteiger partial charge on any atom is -0.314 e. The van der Waals surface area contributed by atoms with Gasteiger partial charge in [-0.25, -0.2) is 0 Å². The van der Waals surface area contributed by atoms with Crippen LogP contribution in [-0.2, 0) is 0 Å². The highest BCUT2D eigenvalue weighted by atomic mass is 15.2. The number of piperidine rings is 2. The first-order chi connectivity index (χ1) is 9.22. The van der Waals surface area contributed by atoms with E-state index < -0.39 is 0 Å². The average Bonchev–Trinajstić information content (AvgIpc) is 2.47. The van der Waals surface area contributed by atoms with Gasteiger partial charge in [0.2, 0.25) is 0 Å². The summed E-state index contributed by atoms with van der Waals surface area (Å²) in [6, 6.07) is 1.60. The second-order valence-corrected chi connectivity index (χ2v) is 6.94. The Hall–Kier alpha value is -0.0800. The molecule has 0 saturated carbocycles. The fourth-order valence-electron chi connectivity index (χ4n) is 3.80. The Labute approximate surface area is 120 Å². The number of hydrogen-bond donors (Lipinski definition) is 1. The van der Waals surface area contributed by atoms with E-state index >= 15 is 0 Å². The molecule has 2 aliphatic heterocycles. The normalized spacial score (nSPS) is 37.4. The van der Waals surface area contributed by atoms with Crippen molar-refractivity contribution in [2.75, 3.05) is 19.6 Å². The summed E-state index contributed by atoms with van der Waals surface area (Å²) in [5.41, 5.74) is 0. The van der Waals surface area contributed by atoms with Gasteiger partial charge < -0.3 is 10.2 Å². The first-order valence-corrected chi connectivity index (χ1v) is 8.70. The van der Waals surface area contributed by atoms with Gasteiger partial charge in [-0.05, 0) is 64.0 Å². The van der Waals surface area contributed by atoms with Crippen LogP contribution in [0.3, 0.4) is 0 Å². The number of rotatable bonds is 5. The Kier molecular flexibility index (Phi) is 6.15. The van der Waals surface area contributed by atoms with E-state index in [1.165, 1.54) is 64.6 Å². The van der Waals surface area contributed by atoms with Crippen LogP contribution in [0.25, 0.3) is 0 Å². The Morgan fingerprint density at radius 3 is 2.37 bits per heavy atom. The number of nitrogens with one attached hydrogen (secondary N) is 1. The zero-order valence-corrected chi connectivity index (χ0v) is 13.3. The van der Waals surface area contributed by atoms with E-state index in [0.717, 1.165) is 23.9 Å². The van der Waals surface area contributed by atoms with Crippen molar-refractivity contribution in [2.45, 2.75) is 77.8 Å². The van der Waals surface area contributed by atoms with Crippen molar-refractivity contribution in [1.29, 1.82) is 0 Å². The summed E-state index contributed by atoms with van der Waals surface area (Å²) in [6.45, 7) is 11.0. The van der Waals surface area contributed by atoms with E-state index in [0.29, 0.717) is 0 Å². The second-order valence-electron chi connectivity index (χ2n) is 6.94. The van der Waals surface area contributed by atoms with Gasteiger partial charge in [-0.15, -0.1) is 0 Å². The lowest BCUT2D eigenvalue weighted by Crippen LogP contribution is -2.45. The van der Waals surface area contributed by atoms with Crippen molar-refractivity contribution in [3.8, 4) is 0 Å². The van der Waals surface area contributed by atoms with Crippen molar-refractivity contribution in [1.82, 2.24) is 10.2 Å². The van der Waals surface area contributed by atoms with Crippen molar-refractivity contribution >= 4 is 0 Å². The highest BCUT2D eigenvalue weighted by molar-refractivity contribution is 4.82. The van der Waals surface area contributed by atoms with E-state index in [4.69, 9.17) is 0 Å². The van der Waals surface area contributed by atoms with Gasteiger partial charge in [-0.2, -0.15) is 0 Å². The molecule has 2 nitrogen and oxygen atoms in total. The molecule has 2 heterocycles. The summed E-state index contributed by atoms with van der Waals surface area (Å²) < 4.78 is 0. The average molecular weight is 266 g/mol. The second kappa shape index (κ2) is 7.64. The van der Waals surface area contributed by atoms with E-state index in [2.05, 4.69) is 31.0 Å². The summed E-state index contributed by atoms with van der Waals surface area (Å²) in [7, 11) is 0. The van der Waals surface area contributed by atoms with Crippen molar-refractivity contribution in [3.05, 3.63) is 0 Å². The molecule has 2 aliphatic rings. The zero-order chi connectivity index (χ0) is 13.7. The number of hydrogen-bond acceptors (Lipinski definition) is 2. The molecular formula is C17H34N2. The first kappa shape index (κ1) is 15.3. The SMILES string of the molecule is CC[C@@H]1CC[C@H](CCN2C[C@H](CC)CC[C@@H]2C)NC1. The molecule has 0 bridgehead atoms. The van der Waals surface area contributed by atoms with Crippen LogP contribution in [0, 0.1) is 11.8 Å². The van der Waals surface area contributed by atoms with Crippen molar-refractivity contribution in [2.24, 2.45) is 11.8 Å². The molecule has 0 amide bonds. The third-order valence-corrected chi connectivity index (χ3v) is 5.65. The smallest absolute Gasteiger partial charge is 0.00794 e. The molecule has 2 saturated heterocycles. The Bertz CT molecular complexity index is 246. The summed E-state index contributed by atoms with van der Waals surface area (Å²) in [4.78, 5) is 2.76. The monoisotopic (exact) mass is 266 g/mol. The molecule has 0 spiro atoms. The highest BCUT2D eigenvalue weighted by Crippen LogP contribution is 2.25. The fourth-order valence-corrected chi connectivity index (χ4v) is 3.80. The third-order valence-electron chi connectivity index (χ3n) is 5.65. The van der Waals surface area contributed by atoms with E-state index in [1.807, 2.05) is 0 Å². The minimum atomic E-state index is 0.789. The van der Waals surface area contributed by atoms with Gasteiger partial charge in [0.1, 0.15) is 0 Å². The van der Waals surface area contributed by atoms with Gasteiger partial charge >= 0.3 is 0 Å². The Balaban J connectivity index is 1.69. The number of nitrogens with zero attached hydrogens (tertiary/aromatic N) is 1. The topological polar surface area (TPSA) is 15.3 Å². The lowest BCUT2D eigenvalue weighted by Gasteiger charge is -2.39. The van der Waals surface area contributed by atoms with Gasteiger partial charge in [0.25, 0.3) is 0 Å². The molecule has 0 aromatic heterocycles.